The summed E-state index contributed by atoms with van der Waals surface area (Å²) >= 11 is 0. The minimum atomic E-state index is -1.08. The summed E-state index contributed by atoms with van der Waals surface area (Å²) in [6.45, 7) is 5.04. The molecule has 1 aromatic rings. The standard InChI is InChI=1S/C9H15N5O3/c1-9(2,3)6-7(17)14(10)8(13-12-6)11-4-5(15)16/h4,10H2,1-3H3,(H,11,13)(H,15,16). The van der Waals surface area contributed by atoms with Crippen molar-refractivity contribution in [2.75, 3.05) is 17.7 Å². The first-order valence-electron chi connectivity index (χ1n) is 4.94. The molecule has 8 heteroatoms. The number of carboxylic acids is 1. The minimum absolute atomic E-state index is 0.0783. The van der Waals surface area contributed by atoms with Crippen molar-refractivity contribution in [2.45, 2.75) is 26.2 Å². The lowest BCUT2D eigenvalue weighted by atomic mass is 9.93. The molecule has 0 fully saturated rings. The molecular formula is C9H15N5O3. The highest BCUT2D eigenvalue weighted by Gasteiger charge is 2.22. The molecule has 0 radical (unpaired) electrons. The third-order valence-corrected chi connectivity index (χ3v) is 2.00. The Morgan fingerprint density at radius 1 is 1.47 bits per heavy atom. The quantitative estimate of drug-likeness (QED) is 0.588. The van der Waals surface area contributed by atoms with Gasteiger partial charge in [0.05, 0.1) is 0 Å². The van der Waals surface area contributed by atoms with Crippen LogP contribution >= 0.6 is 0 Å². The Bertz CT molecular complexity index is 488. The van der Waals surface area contributed by atoms with Crippen LogP contribution in [0.3, 0.4) is 0 Å². The molecule has 0 aliphatic heterocycles. The molecule has 17 heavy (non-hydrogen) atoms. The van der Waals surface area contributed by atoms with Crippen LogP contribution in [0.2, 0.25) is 0 Å². The first-order chi connectivity index (χ1) is 7.73. The summed E-state index contributed by atoms with van der Waals surface area (Å²) < 4.78 is 0.760. The third kappa shape index (κ3) is 2.92. The maximum absolute atomic E-state index is 11.8. The van der Waals surface area contributed by atoms with Gasteiger partial charge in [0.1, 0.15) is 12.2 Å². The number of nitrogens with zero attached hydrogens (tertiary/aromatic N) is 3. The van der Waals surface area contributed by atoms with E-state index in [0.29, 0.717) is 0 Å². The van der Waals surface area contributed by atoms with Gasteiger partial charge in [0.15, 0.2) is 0 Å². The van der Waals surface area contributed by atoms with Crippen molar-refractivity contribution in [1.82, 2.24) is 14.9 Å². The summed E-state index contributed by atoms with van der Waals surface area (Å²) in [5, 5.41) is 18.3. The van der Waals surface area contributed by atoms with E-state index in [1.54, 1.807) is 0 Å². The van der Waals surface area contributed by atoms with Crippen molar-refractivity contribution in [3.05, 3.63) is 16.0 Å². The maximum atomic E-state index is 11.8. The summed E-state index contributed by atoms with van der Waals surface area (Å²) in [6, 6.07) is 0. The lowest BCUT2D eigenvalue weighted by Gasteiger charge is -2.17. The van der Waals surface area contributed by atoms with Gasteiger partial charge in [0, 0.05) is 5.41 Å². The number of hydrogen-bond acceptors (Lipinski definition) is 6. The smallest absolute Gasteiger partial charge is 0.322 e. The number of nitrogens with one attached hydrogen (secondary N) is 1. The maximum Gasteiger partial charge on any atom is 0.322 e. The molecule has 0 saturated carbocycles. The van der Waals surface area contributed by atoms with Gasteiger partial charge in [-0.1, -0.05) is 20.8 Å². The second kappa shape index (κ2) is 4.40. The van der Waals surface area contributed by atoms with E-state index >= 15 is 0 Å². The van der Waals surface area contributed by atoms with Crippen LogP contribution in [0.5, 0.6) is 0 Å². The number of carbonyl (C=O) groups is 1. The highest BCUT2D eigenvalue weighted by atomic mass is 16.4. The summed E-state index contributed by atoms with van der Waals surface area (Å²) in [7, 11) is 0. The second-order valence-electron chi connectivity index (χ2n) is 4.54. The molecule has 0 unspecified atom stereocenters. The fourth-order valence-corrected chi connectivity index (χ4v) is 1.14. The van der Waals surface area contributed by atoms with E-state index in [1.165, 1.54) is 0 Å². The molecule has 8 nitrogen and oxygen atoms in total. The van der Waals surface area contributed by atoms with Gasteiger partial charge in [-0.2, -0.15) is 4.68 Å². The molecule has 1 rings (SSSR count). The molecule has 0 amide bonds. The number of rotatable bonds is 3. The van der Waals surface area contributed by atoms with E-state index < -0.39 is 16.9 Å². The average Bonchev–Trinajstić information content (AvgIpc) is 2.18. The first kappa shape index (κ1) is 12.9. The average molecular weight is 241 g/mol. The van der Waals surface area contributed by atoms with Crippen LogP contribution in [0.4, 0.5) is 5.95 Å². The second-order valence-corrected chi connectivity index (χ2v) is 4.54. The van der Waals surface area contributed by atoms with Gasteiger partial charge in [-0.15, -0.1) is 10.2 Å². The topological polar surface area (TPSA) is 123 Å². The number of hydrogen-bond donors (Lipinski definition) is 3. The van der Waals surface area contributed by atoms with Crippen LogP contribution < -0.4 is 16.7 Å². The lowest BCUT2D eigenvalue weighted by molar-refractivity contribution is -0.134. The normalized spacial score (nSPS) is 11.2. The van der Waals surface area contributed by atoms with Crippen LogP contribution in [0.25, 0.3) is 0 Å². The molecule has 1 aromatic heterocycles. The van der Waals surface area contributed by atoms with Crippen molar-refractivity contribution >= 4 is 11.9 Å². The van der Waals surface area contributed by atoms with Gasteiger partial charge in [0.2, 0.25) is 5.95 Å². The van der Waals surface area contributed by atoms with E-state index in [-0.39, 0.29) is 18.2 Å². The van der Waals surface area contributed by atoms with Gasteiger partial charge in [-0.3, -0.25) is 9.59 Å². The Morgan fingerprint density at radius 2 is 2.06 bits per heavy atom. The van der Waals surface area contributed by atoms with Crippen molar-refractivity contribution < 1.29 is 9.90 Å². The van der Waals surface area contributed by atoms with E-state index in [9.17, 15) is 9.59 Å². The molecule has 0 atom stereocenters. The van der Waals surface area contributed by atoms with Crippen molar-refractivity contribution in [3.8, 4) is 0 Å². The number of aromatic nitrogens is 3. The highest BCUT2D eigenvalue weighted by molar-refractivity contribution is 5.71. The molecule has 0 aliphatic rings. The number of anilines is 1. The fraction of sp³-hybridized carbons (Fsp3) is 0.556. The zero-order valence-electron chi connectivity index (χ0n) is 9.89. The Balaban J connectivity index is 3.12. The summed E-state index contributed by atoms with van der Waals surface area (Å²) in [6.07, 6.45) is 0. The largest absolute Gasteiger partial charge is 0.480 e. The highest BCUT2D eigenvalue weighted by Crippen LogP contribution is 2.15. The fourth-order valence-electron chi connectivity index (χ4n) is 1.14. The van der Waals surface area contributed by atoms with Crippen molar-refractivity contribution in [1.29, 1.82) is 0 Å². The number of nitrogens with two attached hydrogens (primary N) is 1. The summed E-state index contributed by atoms with van der Waals surface area (Å²) in [4.78, 5) is 22.2. The molecule has 94 valence electrons. The van der Waals surface area contributed by atoms with Crippen LogP contribution in [-0.2, 0) is 10.2 Å². The van der Waals surface area contributed by atoms with Gasteiger partial charge < -0.3 is 16.3 Å². The molecule has 4 N–H and O–H groups in total. The van der Waals surface area contributed by atoms with Crippen LogP contribution in [-0.4, -0.2) is 32.5 Å². The predicted molar refractivity (Wildman–Crippen MR) is 61.3 cm³/mol. The van der Waals surface area contributed by atoms with E-state index in [0.717, 1.165) is 4.68 Å². The van der Waals surface area contributed by atoms with Gasteiger partial charge in [0.25, 0.3) is 5.56 Å². The monoisotopic (exact) mass is 241 g/mol. The van der Waals surface area contributed by atoms with Crippen LogP contribution in [0, 0.1) is 0 Å². The number of aliphatic carboxylic acids is 1. The van der Waals surface area contributed by atoms with E-state index in [1.807, 2.05) is 20.8 Å². The van der Waals surface area contributed by atoms with E-state index in [2.05, 4.69) is 15.5 Å². The molecule has 0 spiro atoms. The lowest BCUT2D eigenvalue weighted by Crippen LogP contribution is -2.39. The summed E-state index contributed by atoms with van der Waals surface area (Å²) in [5.41, 5.74) is -0.752. The molecule has 0 saturated heterocycles. The summed E-state index contributed by atoms with van der Waals surface area (Å²) in [5.74, 6) is 4.35. The number of nitrogen functional groups attached to an aromatic ring is 1. The molecule has 0 aliphatic carbocycles. The van der Waals surface area contributed by atoms with Gasteiger partial charge in [-0.25, -0.2) is 0 Å². The molecule has 0 bridgehead atoms. The SMILES string of the molecule is CC(C)(C)c1nnc(NCC(=O)O)n(N)c1=O. The van der Waals surface area contributed by atoms with Gasteiger partial charge in [-0.05, 0) is 0 Å². The minimum Gasteiger partial charge on any atom is -0.480 e. The Labute approximate surface area is 97.4 Å². The van der Waals surface area contributed by atoms with E-state index in [4.69, 9.17) is 10.9 Å². The molecular weight excluding hydrogens is 226 g/mol. The predicted octanol–water partition coefficient (Wildman–Crippen LogP) is -0.854. The Morgan fingerprint density at radius 3 is 2.53 bits per heavy atom. The molecule has 0 aromatic carbocycles. The molecule has 1 heterocycles. The van der Waals surface area contributed by atoms with Crippen molar-refractivity contribution in [3.63, 3.8) is 0 Å². The zero-order valence-corrected chi connectivity index (χ0v) is 9.89. The Kier molecular flexibility index (Phi) is 3.35. The number of carboxylic acid groups (broad SMARTS) is 1. The Hall–Kier alpha value is -2.12. The zero-order chi connectivity index (χ0) is 13.2. The van der Waals surface area contributed by atoms with Crippen molar-refractivity contribution in [2.24, 2.45) is 0 Å². The first-order valence-corrected chi connectivity index (χ1v) is 4.94. The third-order valence-electron chi connectivity index (χ3n) is 2.00. The van der Waals surface area contributed by atoms with Crippen LogP contribution in [0.1, 0.15) is 26.5 Å². The van der Waals surface area contributed by atoms with Gasteiger partial charge >= 0.3 is 5.97 Å². The van der Waals surface area contributed by atoms with Crippen LogP contribution in [0.15, 0.2) is 4.79 Å².